The predicted molar refractivity (Wildman–Crippen MR) is 122 cm³/mol. The van der Waals surface area contributed by atoms with Crippen molar-refractivity contribution in [2.24, 2.45) is 0 Å². The first-order valence-corrected chi connectivity index (χ1v) is 12.6. The first-order chi connectivity index (χ1) is 14.4. The quantitative estimate of drug-likeness (QED) is 0.347. The van der Waals surface area contributed by atoms with Gasteiger partial charge in [0.2, 0.25) is 0 Å². The summed E-state index contributed by atoms with van der Waals surface area (Å²) in [5, 5.41) is 2.63. The molecule has 1 heterocycles. The number of pyridine rings is 1. The first-order valence-electron chi connectivity index (χ1n) is 9.55. The van der Waals surface area contributed by atoms with Crippen molar-refractivity contribution < 1.29 is 17.2 Å². The van der Waals surface area contributed by atoms with Crippen molar-refractivity contribution >= 4 is 42.6 Å². The van der Waals surface area contributed by atoms with E-state index in [9.17, 15) is 17.2 Å². The van der Waals surface area contributed by atoms with E-state index in [0.717, 1.165) is 38.5 Å². The molecule has 7 heteroatoms. The van der Waals surface area contributed by atoms with Gasteiger partial charge in [-0.05, 0) is 34.7 Å². The molecule has 0 aliphatic rings. The van der Waals surface area contributed by atoms with Crippen LogP contribution < -0.4 is 0 Å². The van der Waals surface area contributed by atoms with Gasteiger partial charge in [-0.3, -0.25) is 0 Å². The third kappa shape index (κ3) is 4.28. The van der Waals surface area contributed by atoms with Crippen molar-refractivity contribution in [3.8, 4) is 11.3 Å². The minimum absolute atomic E-state index is 0.0235. The Balaban J connectivity index is 2.01. The van der Waals surface area contributed by atoms with Gasteiger partial charge in [0, 0.05) is 22.1 Å². The maximum atomic E-state index is 12.2. The molecule has 0 amide bonds. The summed E-state index contributed by atoms with van der Waals surface area (Å²) in [6, 6.07) is 21.0. The van der Waals surface area contributed by atoms with E-state index in [4.69, 9.17) is 4.98 Å². The topological polar surface area (TPSA) is 84.3 Å². The van der Waals surface area contributed by atoms with Crippen LogP contribution in [0.4, 0.5) is 0 Å². The molecule has 1 aromatic heterocycles. The molecule has 4 rings (SSSR count). The normalized spacial score (nSPS) is 13.0. The summed E-state index contributed by atoms with van der Waals surface area (Å²) in [7, 11) is -3.17. The van der Waals surface area contributed by atoms with Crippen LogP contribution in [0.1, 0.15) is 18.1 Å². The molecule has 0 saturated carbocycles. The van der Waals surface area contributed by atoms with Gasteiger partial charge in [0.15, 0.2) is 20.9 Å². The van der Waals surface area contributed by atoms with Crippen molar-refractivity contribution in [2.45, 2.75) is 18.4 Å². The maximum absolute atomic E-state index is 12.2. The second-order valence-electron chi connectivity index (χ2n) is 7.20. The van der Waals surface area contributed by atoms with E-state index >= 15 is 0 Å². The Morgan fingerprint density at radius 1 is 0.900 bits per heavy atom. The third-order valence-corrected chi connectivity index (χ3v) is 7.32. The number of hydrogen-bond donors (Lipinski definition) is 1. The van der Waals surface area contributed by atoms with Gasteiger partial charge in [0.1, 0.15) is 0 Å². The highest BCUT2D eigenvalue weighted by atomic mass is 32.2. The summed E-state index contributed by atoms with van der Waals surface area (Å²) in [4.78, 5) is 4.86. The summed E-state index contributed by atoms with van der Waals surface area (Å²) in [6.07, 6.45) is 0. The third-order valence-electron chi connectivity index (χ3n) is 5.09. The van der Waals surface area contributed by atoms with E-state index < -0.39 is 20.9 Å². The maximum Gasteiger partial charge on any atom is 0.157 e. The van der Waals surface area contributed by atoms with E-state index in [0.29, 0.717) is 5.56 Å². The Morgan fingerprint density at radius 2 is 1.60 bits per heavy atom. The van der Waals surface area contributed by atoms with Gasteiger partial charge < -0.3 is 4.55 Å². The van der Waals surface area contributed by atoms with Gasteiger partial charge in [-0.25, -0.2) is 17.6 Å². The second kappa shape index (κ2) is 8.26. The predicted octanol–water partition coefficient (Wildman–Crippen LogP) is 4.71. The molecule has 3 aromatic carbocycles. The van der Waals surface area contributed by atoms with E-state index in [1.807, 2.05) is 60.7 Å². The Hall–Kier alpha value is -2.61. The van der Waals surface area contributed by atoms with Crippen LogP contribution in [0.25, 0.3) is 32.9 Å². The number of aromatic nitrogens is 1. The molecule has 1 unspecified atom stereocenters. The highest BCUT2D eigenvalue weighted by Crippen LogP contribution is 2.34. The van der Waals surface area contributed by atoms with Gasteiger partial charge >= 0.3 is 0 Å². The number of hydrogen-bond acceptors (Lipinski definition) is 4. The standard InChI is InChI=1S/C23H21NO4S2/c1-2-30(27,28)15-17-8-10-19-20(13-17)21-12-16(14-29(25)26)9-11-22(21)24-23(19)18-6-4-3-5-7-18/h3-13H,2,14-15H2,1H3,(H,25,26). The molecule has 30 heavy (non-hydrogen) atoms. The summed E-state index contributed by atoms with van der Waals surface area (Å²) >= 11 is -1.95. The van der Waals surface area contributed by atoms with Crippen molar-refractivity contribution in [1.82, 2.24) is 4.98 Å². The SMILES string of the molecule is CCS(=O)(=O)Cc1ccc2c(-c3ccccc3)nc3ccc(CS(=O)O)cc3c2c1. The number of fused-ring (bicyclic) bond motifs is 3. The highest BCUT2D eigenvalue weighted by Gasteiger charge is 2.14. The monoisotopic (exact) mass is 439 g/mol. The summed E-state index contributed by atoms with van der Waals surface area (Å²) in [6.45, 7) is 1.64. The van der Waals surface area contributed by atoms with Gasteiger partial charge in [0.25, 0.3) is 0 Å². The average molecular weight is 440 g/mol. The number of rotatable bonds is 6. The lowest BCUT2D eigenvalue weighted by atomic mass is 9.98. The van der Waals surface area contributed by atoms with Gasteiger partial charge in [0.05, 0.1) is 22.7 Å². The zero-order valence-corrected chi connectivity index (χ0v) is 18.0. The molecular weight excluding hydrogens is 418 g/mol. The molecule has 0 saturated heterocycles. The largest absolute Gasteiger partial charge is 0.306 e. The lowest BCUT2D eigenvalue weighted by Crippen LogP contribution is -2.06. The van der Waals surface area contributed by atoms with E-state index in [1.54, 1.807) is 13.0 Å². The fourth-order valence-electron chi connectivity index (χ4n) is 3.59. The van der Waals surface area contributed by atoms with Crippen LogP contribution >= 0.6 is 0 Å². The Bertz CT molecular complexity index is 1370. The van der Waals surface area contributed by atoms with Crippen LogP contribution in [0.2, 0.25) is 0 Å². The molecule has 0 aliphatic carbocycles. The summed E-state index contributed by atoms with van der Waals surface area (Å²) in [5.74, 6) is 0.0932. The van der Waals surface area contributed by atoms with Crippen LogP contribution in [-0.2, 0) is 32.4 Å². The van der Waals surface area contributed by atoms with E-state index in [2.05, 4.69) is 0 Å². The average Bonchev–Trinajstić information content (AvgIpc) is 2.73. The fourth-order valence-corrected chi connectivity index (χ4v) is 4.95. The Kier molecular flexibility index (Phi) is 5.69. The van der Waals surface area contributed by atoms with Crippen LogP contribution in [0.3, 0.4) is 0 Å². The summed E-state index contributed by atoms with van der Waals surface area (Å²) < 4.78 is 44.9. The lowest BCUT2D eigenvalue weighted by molar-refractivity contribution is 0.563. The van der Waals surface area contributed by atoms with Crippen molar-refractivity contribution in [3.63, 3.8) is 0 Å². The molecule has 0 radical (unpaired) electrons. The molecule has 1 N–H and O–H groups in total. The number of sulfone groups is 1. The molecule has 0 bridgehead atoms. The van der Waals surface area contributed by atoms with Crippen LogP contribution in [0, 0.1) is 0 Å². The molecule has 0 aliphatic heterocycles. The molecule has 154 valence electrons. The van der Waals surface area contributed by atoms with Crippen LogP contribution in [0.5, 0.6) is 0 Å². The van der Waals surface area contributed by atoms with E-state index in [-0.39, 0.29) is 17.3 Å². The van der Waals surface area contributed by atoms with Crippen LogP contribution in [0.15, 0.2) is 66.7 Å². The molecule has 0 fully saturated rings. The zero-order valence-electron chi connectivity index (χ0n) is 16.4. The minimum Gasteiger partial charge on any atom is -0.306 e. The summed E-state index contributed by atoms with van der Waals surface area (Å²) in [5.41, 5.74) is 3.99. The van der Waals surface area contributed by atoms with Gasteiger partial charge in [-0.15, -0.1) is 0 Å². The molecule has 0 spiro atoms. The number of benzene rings is 3. The second-order valence-corrected chi connectivity index (χ2v) is 10.5. The Labute approximate surface area is 178 Å². The Morgan fingerprint density at radius 3 is 2.30 bits per heavy atom. The highest BCUT2D eigenvalue weighted by molar-refractivity contribution is 7.90. The van der Waals surface area contributed by atoms with Crippen molar-refractivity contribution in [1.29, 1.82) is 0 Å². The van der Waals surface area contributed by atoms with Gasteiger partial charge in [-0.1, -0.05) is 55.5 Å². The fraction of sp³-hybridized carbons (Fsp3) is 0.174. The lowest BCUT2D eigenvalue weighted by Gasteiger charge is -2.13. The first kappa shape index (κ1) is 20.7. The molecule has 4 aromatic rings. The smallest absolute Gasteiger partial charge is 0.157 e. The van der Waals surface area contributed by atoms with E-state index in [1.165, 1.54) is 0 Å². The zero-order chi connectivity index (χ0) is 21.3. The van der Waals surface area contributed by atoms with Gasteiger partial charge in [-0.2, -0.15) is 0 Å². The number of nitrogens with zero attached hydrogens (tertiary/aromatic N) is 1. The molecule has 1 atom stereocenters. The molecular formula is C23H21NO4S2. The van der Waals surface area contributed by atoms with Crippen molar-refractivity contribution in [3.05, 3.63) is 77.9 Å². The van der Waals surface area contributed by atoms with Crippen LogP contribution in [-0.4, -0.2) is 27.9 Å². The molecule has 5 nitrogen and oxygen atoms in total. The van der Waals surface area contributed by atoms with Crippen molar-refractivity contribution in [2.75, 3.05) is 5.75 Å². The minimum atomic E-state index is -3.17.